The van der Waals surface area contributed by atoms with Crippen LogP contribution in [0, 0.1) is 6.92 Å². The number of amides is 2. The number of hydrogen-bond acceptors (Lipinski definition) is 8. The van der Waals surface area contributed by atoms with E-state index in [4.69, 9.17) is 9.47 Å². The lowest BCUT2D eigenvalue weighted by Crippen LogP contribution is -2.62. The van der Waals surface area contributed by atoms with Crippen LogP contribution >= 0.6 is 0 Å². The average molecular weight is 654 g/mol. The van der Waals surface area contributed by atoms with E-state index in [0.29, 0.717) is 31.4 Å². The number of nitrogens with one attached hydrogen (secondary N) is 2. The summed E-state index contributed by atoms with van der Waals surface area (Å²) in [5, 5.41) is 38.5. The van der Waals surface area contributed by atoms with Crippen molar-refractivity contribution < 1.29 is 34.4 Å². The molecule has 5 N–H and O–H groups in total. The number of likely N-dealkylation sites (N-methyl/N-ethyl adjacent to an activating group) is 1. The minimum atomic E-state index is -1.57. The van der Waals surface area contributed by atoms with Crippen LogP contribution in [0.2, 0.25) is 0 Å². The van der Waals surface area contributed by atoms with Crippen LogP contribution in [0.15, 0.2) is 42.5 Å². The molecule has 4 rings (SSSR count). The Balaban J connectivity index is 1.31. The summed E-state index contributed by atoms with van der Waals surface area (Å²) in [5.41, 5.74) is 1.51. The molecule has 2 aromatic rings. The Bertz CT molecular complexity index is 1390. The normalized spacial score (nSPS) is 24.4. The molecule has 0 radical (unpaired) electrons. The van der Waals surface area contributed by atoms with Gasteiger partial charge < -0.3 is 40.3 Å². The first kappa shape index (κ1) is 37.0. The van der Waals surface area contributed by atoms with Crippen LogP contribution in [0.5, 0.6) is 0 Å². The van der Waals surface area contributed by atoms with Crippen molar-refractivity contribution in [3.05, 3.63) is 70.3 Å². The lowest BCUT2D eigenvalue weighted by Gasteiger charge is -2.48. The van der Waals surface area contributed by atoms with E-state index < -0.39 is 34.7 Å². The van der Waals surface area contributed by atoms with Crippen LogP contribution in [0.25, 0.3) is 0 Å². The fourth-order valence-electron chi connectivity index (χ4n) is 6.52. The molecule has 2 saturated heterocycles. The molecule has 2 heterocycles. The summed E-state index contributed by atoms with van der Waals surface area (Å²) >= 11 is 0. The van der Waals surface area contributed by atoms with Gasteiger partial charge in [-0.3, -0.25) is 9.59 Å². The third-order valence-electron chi connectivity index (χ3n) is 9.94. The molecule has 4 atom stereocenters. The summed E-state index contributed by atoms with van der Waals surface area (Å²) < 4.78 is 12.5. The Morgan fingerprint density at radius 1 is 1.02 bits per heavy atom. The summed E-state index contributed by atoms with van der Waals surface area (Å²) in [6, 6.07) is 14.1. The molecule has 2 aliphatic rings. The summed E-state index contributed by atoms with van der Waals surface area (Å²) in [7, 11) is 0. The number of carbonyl (C=O) groups excluding carboxylic acids is 2. The third kappa shape index (κ3) is 8.24. The van der Waals surface area contributed by atoms with Gasteiger partial charge in [-0.05, 0) is 95.3 Å². The topological polar surface area (TPSA) is 141 Å². The molecule has 2 bridgehead atoms. The van der Waals surface area contributed by atoms with E-state index in [-0.39, 0.29) is 24.8 Å². The molecular formula is C37H55N3O7. The highest BCUT2D eigenvalue weighted by Gasteiger charge is 2.67. The number of benzene rings is 2. The first-order chi connectivity index (χ1) is 22.1. The number of aliphatic hydroxyl groups excluding tert-OH is 2. The summed E-state index contributed by atoms with van der Waals surface area (Å²) in [6.07, 6.45) is 0.0166. The van der Waals surface area contributed by atoms with Crippen molar-refractivity contribution >= 4 is 11.8 Å². The van der Waals surface area contributed by atoms with Crippen LogP contribution in [0.1, 0.15) is 88.6 Å². The molecule has 0 saturated carbocycles. The van der Waals surface area contributed by atoms with Crippen molar-refractivity contribution in [2.24, 2.45) is 0 Å². The van der Waals surface area contributed by atoms with E-state index in [9.17, 15) is 24.9 Å². The Morgan fingerprint density at radius 3 is 2.32 bits per heavy atom. The fourth-order valence-corrected chi connectivity index (χ4v) is 6.52. The number of fused-ring (bicyclic) bond motifs is 2. The number of ether oxygens (including phenoxy) is 2. The smallest absolute Gasteiger partial charge is 0.245 e. The molecule has 2 aromatic carbocycles. The fraction of sp³-hybridized carbons (Fsp3) is 0.622. The van der Waals surface area contributed by atoms with E-state index >= 15 is 0 Å². The number of aryl methyl sites for hydroxylation is 2. The van der Waals surface area contributed by atoms with Crippen LogP contribution in [0.3, 0.4) is 0 Å². The minimum absolute atomic E-state index is 0.0568. The van der Waals surface area contributed by atoms with Gasteiger partial charge >= 0.3 is 0 Å². The molecule has 2 amide bonds. The molecule has 0 aliphatic carbocycles. The van der Waals surface area contributed by atoms with Gasteiger partial charge in [0.25, 0.3) is 0 Å². The van der Waals surface area contributed by atoms with Crippen molar-refractivity contribution in [2.75, 3.05) is 32.8 Å². The average Bonchev–Trinajstić information content (AvgIpc) is 3.37. The Hall–Kier alpha value is -2.86. The first-order valence-electron chi connectivity index (χ1n) is 17.0. The molecule has 0 unspecified atom stereocenters. The lowest BCUT2D eigenvalue weighted by molar-refractivity contribution is -0.319. The first-order valence-corrected chi connectivity index (χ1v) is 17.0. The molecule has 2 aliphatic heterocycles. The number of carbonyl (C=O) groups is 2. The number of hydrogen-bond donors (Lipinski definition) is 5. The van der Waals surface area contributed by atoms with Gasteiger partial charge in [0, 0.05) is 31.5 Å². The monoisotopic (exact) mass is 653 g/mol. The molecule has 0 aromatic heterocycles. The summed E-state index contributed by atoms with van der Waals surface area (Å²) in [5.74, 6) is -1.90. The molecule has 10 nitrogen and oxygen atoms in total. The number of rotatable bonds is 15. The molecule has 260 valence electrons. The zero-order chi connectivity index (χ0) is 34.6. The second kappa shape index (κ2) is 14.7. The van der Waals surface area contributed by atoms with Gasteiger partial charge in [0.15, 0.2) is 0 Å². The molecule has 10 heteroatoms. The minimum Gasteiger partial charge on any atom is -0.390 e. The van der Waals surface area contributed by atoms with Gasteiger partial charge in [0.05, 0.1) is 18.3 Å². The van der Waals surface area contributed by atoms with Gasteiger partial charge in [0.1, 0.15) is 17.2 Å². The highest BCUT2D eigenvalue weighted by molar-refractivity contribution is 5.90. The van der Waals surface area contributed by atoms with Gasteiger partial charge in [0.2, 0.25) is 17.6 Å². The van der Waals surface area contributed by atoms with Crippen molar-refractivity contribution in [3.8, 4) is 0 Å². The highest BCUT2D eigenvalue weighted by atomic mass is 16.8. The predicted octanol–water partition coefficient (Wildman–Crippen LogP) is 3.10. The molecule has 47 heavy (non-hydrogen) atoms. The second-order valence-corrected chi connectivity index (χ2v) is 14.3. The third-order valence-corrected chi connectivity index (χ3v) is 9.94. The Morgan fingerprint density at radius 2 is 1.68 bits per heavy atom. The highest BCUT2D eigenvalue weighted by Crippen LogP contribution is 2.53. The summed E-state index contributed by atoms with van der Waals surface area (Å²) in [4.78, 5) is 27.5. The maximum Gasteiger partial charge on any atom is 0.245 e. The van der Waals surface area contributed by atoms with Crippen molar-refractivity contribution in [2.45, 2.75) is 115 Å². The van der Waals surface area contributed by atoms with Gasteiger partial charge in [-0.2, -0.15) is 0 Å². The van der Waals surface area contributed by atoms with E-state index in [1.807, 2.05) is 25.1 Å². The van der Waals surface area contributed by atoms with Crippen molar-refractivity contribution in [3.63, 3.8) is 0 Å². The molecule has 2 fully saturated rings. The zero-order valence-corrected chi connectivity index (χ0v) is 29.2. The maximum absolute atomic E-state index is 12.7. The Kier molecular flexibility index (Phi) is 11.6. The van der Waals surface area contributed by atoms with Gasteiger partial charge in [-0.1, -0.05) is 50.2 Å². The lowest BCUT2D eigenvalue weighted by atomic mass is 9.77. The molecule has 0 spiro atoms. The van der Waals surface area contributed by atoms with E-state index in [1.54, 1.807) is 27.7 Å². The van der Waals surface area contributed by atoms with Crippen LogP contribution in [-0.2, 0) is 37.7 Å². The standard InChI is InChI=1S/C37H55N3O7/c1-8-40(9-2)20-19-38-33(44)34(4,5)39-31(42)12-10-11-26-14-16-27(17-15-26)21-28-22-29(18-13-25(28)3)37-32(43)30(41)23-36(47-37,24-46-37)35(6,7)45/h13-18,22,30,32,41,43,45H,8-12,19-21,23-24H2,1-7H3,(H,38,44)(H,39,42)/t30-,32+,36+,37-/m0/s1. The second-order valence-electron chi connectivity index (χ2n) is 14.3. The SMILES string of the molecule is CCN(CC)CCNC(=O)C(C)(C)NC(=O)CCCc1ccc(Cc2cc([C@@]34OC[C@@](C(C)(C)O)(C[C@H](O)[C@H]3O)O4)ccc2C)cc1. The largest absolute Gasteiger partial charge is 0.390 e. The molecular weight excluding hydrogens is 598 g/mol. The van der Waals surface area contributed by atoms with Crippen LogP contribution in [-0.4, -0.2) is 93.8 Å². The summed E-state index contributed by atoms with van der Waals surface area (Å²) in [6.45, 7) is 16.2. The van der Waals surface area contributed by atoms with E-state index in [0.717, 1.165) is 48.3 Å². The number of nitrogens with zero attached hydrogens (tertiary/aromatic N) is 1. The van der Waals surface area contributed by atoms with Crippen molar-refractivity contribution in [1.82, 2.24) is 15.5 Å². The quantitative estimate of drug-likeness (QED) is 0.198. The van der Waals surface area contributed by atoms with Gasteiger partial charge in [-0.15, -0.1) is 0 Å². The number of aliphatic hydroxyl groups is 3. The van der Waals surface area contributed by atoms with Crippen LogP contribution < -0.4 is 10.6 Å². The van der Waals surface area contributed by atoms with Crippen molar-refractivity contribution in [1.29, 1.82) is 0 Å². The van der Waals surface area contributed by atoms with E-state index in [2.05, 4.69) is 53.6 Å². The van der Waals surface area contributed by atoms with E-state index in [1.165, 1.54) is 0 Å². The maximum atomic E-state index is 12.7. The van der Waals surface area contributed by atoms with Gasteiger partial charge in [-0.25, -0.2) is 0 Å². The van der Waals surface area contributed by atoms with Crippen LogP contribution in [0.4, 0.5) is 0 Å². The zero-order valence-electron chi connectivity index (χ0n) is 29.2. The Labute approximate surface area is 279 Å². The predicted molar refractivity (Wildman–Crippen MR) is 181 cm³/mol.